The number of terminal acetylenes is 1. The second kappa shape index (κ2) is 9.71. The smallest absolute Gasteiger partial charge is 0.240 e. The molecule has 6 nitrogen and oxygen atoms in total. The number of carbonyl (C=O) groups excluding carboxylic acids is 1. The van der Waals surface area contributed by atoms with E-state index in [1.54, 1.807) is 12.1 Å². The number of hydrogen-bond acceptors (Lipinski definition) is 4. The highest BCUT2D eigenvalue weighted by atomic mass is 35.5. The van der Waals surface area contributed by atoms with Gasteiger partial charge in [0.25, 0.3) is 0 Å². The number of imidazole rings is 1. The summed E-state index contributed by atoms with van der Waals surface area (Å²) >= 11 is 12.4. The van der Waals surface area contributed by atoms with Gasteiger partial charge in [-0.05, 0) is 36.2 Å². The largest absolute Gasteiger partial charge is 0.363 e. The summed E-state index contributed by atoms with van der Waals surface area (Å²) in [5.74, 6) is 3.04. The summed E-state index contributed by atoms with van der Waals surface area (Å²) in [7, 11) is 0. The molecule has 0 spiro atoms. The van der Waals surface area contributed by atoms with Crippen molar-refractivity contribution in [3.63, 3.8) is 0 Å². The molecule has 2 heterocycles. The molecule has 4 rings (SSSR count). The van der Waals surface area contributed by atoms with E-state index < -0.39 is 6.04 Å². The molecular weight excluding hydrogens is 435 g/mol. The minimum absolute atomic E-state index is 0.134. The van der Waals surface area contributed by atoms with Crippen molar-refractivity contribution in [1.82, 2.24) is 20.2 Å². The zero-order valence-electron chi connectivity index (χ0n) is 16.8. The molecule has 1 saturated heterocycles. The highest BCUT2D eigenvalue weighted by Gasteiger charge is 2.40. The number of aromatic amines is 1. The molecule has 1 fully saturated rings. The first-order valence-corrected chi connectivity index (χ1v) is 10.7. The molecule has 2 N–H and O–H groups in total. The zero-order valence-corrected chi connectivity index (χ0v) is 18.3. The van der Waals surface area contributed by atoms with Crippen molar-refractivity contribution < 1.29 is 9.53 Å². The maximum absolute atomic E-state index is 13.2. The number of hydrogen-bond donors (Lipinski definition) is 2. The van der Waals surface area contributed by atoms with E-state index in [2.05, 4.69) is 26.1 Å². The van der Waals surface area contributed by atoms with E-state index in [4.69, 9.17) is 34.4 Å². The molecule has 1 aliphatic rings. The number of halogens is 2. The Morgan fingerprint density at radius 3 is 2.94 bits per heavy atom. The minimum atomic E-state index is -0.482. The quantitative estimate of drug-likeness (QED) is 0.530. The Morgan fingerprint density at radius 1 is 1.32 bits per heavy atom. The number of nitrogens with zero attached hydrogens (tertiary/aromatic N) is 2. The molecule has 8 heteroatoms. The van der Waals surface area contributed by atoms with Gasteiger partial charge in [-0.15, -0.1) is 6.42 Å². The number of ether oxygens (including phenoxy) is 1. The summed E-state index contributed by atoms with van der Waals surface area (Å²) in [6.45, 7) is 1.65. The van der Waals surface area contributed by atoms with Gasteiger partial charge >= 0.3 is 0 Å². The number of amides is 1. The summed E-state index contributed by atoms with van der Waals surface area (Å²) in [4.78, 5) is 23.0. The molecule has 0 bridgehead atoms. The molecule has 0 aliphatic carbocycles. The molecule has 1 aliphatic heterocycles. The Balaban J connectivity index is 1.48. The van der Waals surface area contributed by atoms with E-state index >= 15 is 0 Å². The lowest BCUT2D eigenvalue weighted by atomic mass is 10.1. The Bertz CT molecular complexity index is 1090. The van der Waals surface area contributed by atoms with Crippen LogP contribution in [0.4, 0.5) is 0 Å². The van der Waals surface area contributed by atoms with E-state index in [9.17, 15) is 4.79 Å². The van der Waals surface area contributed by atoms with Gasteiger partial charge in [0.2, 0.25) is 5.91 Å². The zero-order chi connectivity index (χ0) is 21.8. The van der Waals surface area contributed by atoms with Crippen molar-refractivity contribution in [2.45, 2.75) is 31.7 Å². The number of rotatable bonds is 7. The van der Waals surface area contributed by atoms with Gasteiger partial charge in [-0.1, -0.05) is 47.3 Å². The van der Waals surface area contributed by atoms with E-state index in [1.165, 1.54) is 0 Å². The highest BCUT2D eigenvalue weighted by Crippen LogP contribution is 2.28. The van der Waals surface area contributed by atoms with Crippen LogP contribution in [0.25, 0.3) is 11.0 Å². The Morgan fingerprint density at radius 2 is 2.16 bits per heavy atom. The van der Waals surface area contributed by atoms with Crippen LogP contribution < -0.4 is 5.32 Å². The second-order valence-electron chi connectivity index (χ2n) is 7.41. The van der Waals surface area contributed by atoms with Gasteiger partial charge in [-0.25, -0.2) is 4.98 Å². The van der Waals surface area contributed by atoms with Crippen molar-refractivity contribution in [3.05, 3.63) is 63.9 Å². The van der Waals surface area contributed by atoms with Crippen molar-refractivity contribution in [2.75, 3.05) is 13.2 Å². The summed E-state index contributed by atoms with van der Waals surface area (Å²) in [5, 5.41) is 4.13. The topological polar surface area (TPSA) is 70.2 Å². The van der Waals surface area contributed by atoms with Crippen LogP contribution >= 0.6 is 23.2 Å². The van der Waals surface area contributed by atoms with E-state index in [-0.39, 0.29) is 18.6 Å². The van der Waals surface area contributed by atoms with Crippen LogP contribution in [0.1, 0.15) is 17.8 Å². The SMILES string of the molecule is C#CCOC1CCN(Cc2ccc(Cl)cc2Cl)C1C(=O)NCc1nc2ccccc2[nH]1. The molecule has 0 radical (unpaired) electrons. The summed E-state index contributed by atoms with van der Waals surface area (Å²) < 4.78 is 5.79. The van der Waals surface area contributed by atoms with Gasteiger partial charge in [0.05, 0.1) is 23.7 Å². The third kappa shape index (κ3) is 5.03. The molecule has 0 saturated carbocycles. The van der Waals surface area contributed by atoms with Crippen molar-refractivity contribution in [3.8, 4) is 12.3 Å². The predicted molar refractivity (Wildman–Crippen MR) is 122 cm³/mol. The summed E-state index contributed by atoms with van der Waals surface area (Å²) in [5.41, 5.74) is 2.70. The molecule has 1 amide bonds. The average Bonchev–Trinajstić information content (AvgIpc) is 3.36. The fourth-order valence-electron chi connectivity index (χ4n) is 3.90. The number of fused-ring (bicyclic) bond motifs is 1. The maximum atomic E-state index is 13.2. The van der Waals surface area contributed by atoms with Crippen molar-refractivity contribution in [2.24, 2.45) is 0 Å². The molecule has 3 aromatic rings. The number of aromatic nitrogens is 2. The first kappa shape index (κ1) is 21.7. The van der Waals surface area contributed by atoms with E-state index in [1.807, 2.05) is 30.3 Å². The van der Waals surface area contributed by atoms with Crippen LogP contribution in [0, 0.1) is 12.3 Å². The second-order valence-corrected chi connectivity index (χ2v) is 8.26. The normalized spacial score (nSPS) is 18.9. The molecule has 2 atom stereocenters. The van der Waals surface area contributed by atoms with Crippen LogP contribution in [-0.4, -0.2) is 46.1 Å². The Labute approximate surface area is 190 Å². The van der Waals surface area contributed by atoms with Crippen LogP contribution in [-0.2, 0) is 22.6 Å². The first-order valence-electron chi connectivity index (χ1n) is 9.99. The summed E-state index contributed by atoms with van der Waals surface area (Å²) in [6, 6.07) is 12.6. The van der Waals surface area contributed by atoms with Crippen LogP contribution in [0.15, 0.2) is 42.5 Å². The monoisotopic (exact) mass is 456 g/mol. The average molecular weight is 457 g/mol. The molecule has 31 heavy (non-hydrogen) atoms. The number of benzene rings is 2. The Kier molecular flexibility index (Phi) is 6.79. The lowest BCUT2D eigenvalue weighted by molar-refractivity contribution is -0.129. The maximum Gasteiger partial charge on any atom is 0.240 e. The van der Waals surface area contributed by atoms with Gasteiger partial charge < -0.3 is 15.0 Å². The number of carbonyl (C=O) groups is 1. The fourth-order valence-corrected chi connectivity index (χ4v) is 4.37. The highest BCUT2D eigenvalue weighted by molar-refractivity contribution is 6.35. The van der Waals surface area contributed by atoms with E-state index in [0.717, 1.165) is 16.6 Å². The molecule has 2 aromatic carbocycles. The molecule has 2 unspecified atom stereocenters. The minimum Gasteiger partial charge on any atom is -0.363 e. The van der Waals surface area contributed by atoms with Crippen molar-refractivity contribution in [1.29, 1.82) is 0 Å². The first-order chi connectivity index (χ1) is 15.0. The van der Waals surface area contributed by atoms with Gasteiger partial charge in [0.1, 0.15) is 18.5 Å². The lowest BCUT2D eigenvalue weighted by Crippen LogP contribution is -2.48. The summed E-state index contributed by atoms with van der Waals surface area (Å²) in [6.07, 6.45) is 5.77. The van der Waals surface area contributed by atoms with Gasteiger partial charge in [-0.3, -0.25) is 9.69 Å². The van der Waals surface area contributed by atoms with Crippen molar-refractivity contribution >= 4 is 40.1 Å². The van der Waals surface area contributed by atoms with Gasteiger partial charge in [-0.2, -0.15) is 0 Å². The predicted octanol–water partition coefficient (Wildman–Crippen LogP) is 3.78. The van der Waals surface area contributed by atoms with Gasteiger partial charge in [0.15, 0.2) is 0 Å². The van der Waals surface area contributed by atoms with E-state index in [0.29, 0.717) is 41.9 Å². The molecule has 160 valence electrons. The number of para-hydroxylation sites is 2. The van der Waals surface area contributed by atoms with Gasteiger partial charge in [0, 0.05) is 23.1 Å². The number of H-pyrrole nitrogens is 1. The number of nitrogens with one attached hydrogen (secondary N) is 2. The van der Waals surface area contributed by atoms with Crippen LogP contribution in [0.3, 0.4) is 0 Å². The lowest BCUT2D eigenvalue weighted by Gasteiger charge is -2.27. The molecule has 1 aromatic heterocycles. The standard InChI is InChI=1S/C23H22Cl2N4O2/c1-2-11-31-20-9-10-29(14-15-7-8-16(24)12-17(15)25)22(20)23(30)26-13-21-27-18-5-3-4-6-19(18)28-21/h1,3-8,12,20,22H,9-11,13-14H2,(H,26,30)(H,27,28). The Hall–Kier alpha value is -2.56. The third-order valence-corrected chi connectivity index (χ3v) is 5.94. The van der Waals surface area contributed by atoms with Crippen LogP contribution in [0.5, 0.6) is 0 Å². The number of likely N-dealkylation sites (tertiary alicyclic amines) is 1. The third-order valence-electron chi connectivity index (χ3n) is 5.35. The molecular formula is C23H22Cl2N4O2. The fraction of sp³-hybridized carbons (Fsp3) is 0.304. The van der Waals surface area contributed by atoms with Crippen LogP contribution in [0.2, 0.25) is 10.0 Å².